The molecule has 0 N–H and O–H groups in total. The summed E-state index contributed by atoms with van der Waals surface area (Å²) >= 11 is 11.3. The standard InChI is InChI=1S/C12H6Cl2F2N2O2/c1-20-7-3-2-6(15)9(16)8(7)10(19)5-4-17-12(14)18-11(5)13/h2-4H,1H3. The van der Waals surface area contributed by atoms with Crippen LogP contribution >= 0.6 is 23.2 Å². The molecule has 0 atom stereocenters. The van der Waals surface area contributed by atoms with E-state index in [0.29, 0.717) is 0 Å². The maximum atomic E-state index is 13.8. The first-order valence-corrected chi connectivity index (χ1v) is 5.96. The van der Waals surface area contributed by atoms with E-state index >= 15 is 0 Å². The number of carbonyl (C=O) groups excluding carboxylic acids is 1. The van der Waals surface area contributed by atoms with E-state index in [4.69, 9.17) is 27.9 Å². The van der Waals surface area contributed by atoms with Crippen LogP contribution in [0.3, 0.4) is 0 Å². The zero-order chi connectivity index (χ0) is 14.9. The number of nitrogens with zero attached hydrogens (tertiary/aromatic N) is 2. The third kappa shape index (κ3) is 2.57. The van der Waals surface area contributed by atoms with Crippen molar-refractivity contribution in [2.24, 2.45) is 0 Å². The van der Waals surface area contributed by atoms with Gasteiger partial charge in [0.25, 0.3) is 0 Å². The van der Waals surface area contributed by atoms with Gasteiger partial charge in [-0.25, -0.2) is 18.7 Å². The number of benzene rings is 1. The quantitative estimate of drug-likeness (QED) is 0.495. The van der Waals surface area contributed by atoms with Crippen LogP contribution in [0.1, 0.15) is 15.9 Å². The molecule has 8 heteroatoms. The minimum atomic E-state index is -1.33. The first-order chi connectivity index (χ1) is 9.45. The molecular weight excluding hydrogens is 313 g/mol. The number of carbonyl (C=O) groups is 1. The highest BCUT2D eigenvalue weighted by molar-refractivity contribution is 6.35. The van der Waals surface area contributed by atoms with Crippen LogP contribution in [0, 0.1) is 11.6 Å². The Labute approximate surface area is 122 Å². The van der Waals surface area contributed by atoms with Crippen molar-refractivity contribution in [1.29, 1.82) is 0 Å². The Balaban J connectivity index is 2.61. The highest BCUT2D eigenvalue weighted by atomic mass is 35.5. The average Bonchev–Trinajstić information content (AvgIpc) is 2.41. The van der Waals surface area contributed by atoms with E-state index in [1.807, 2.05) is 0 Å². The molecule has 4 nitrogen and oxygen atoms in total. The van der Waals surface area contributed by atoms with Gasteiger partial charge in [-0.1, -0.05) is 11.6 Å². The lowest BCUT2D eigenvalue weighted by Gasteiger charge is -2.09. The molecule has 20 heavy (non-hydrogen) atoms. The second kappa shape index (κ2) is 5.68. The predicted octanol–water partition coefficient (Wildman–Crippen LogP) is 3.30. The van der Waals surface area contributed by atoms with E-state index in [1.165, 1.54) is 7.11 Å². The van der Waals surface area contributed by atoms with Gasteiger partial charge >= 0.3 is 0 Å². The summed E-state index contributed by atoms with van der Waals surface area (Å²) in [6.07, 6.45) is 1.03. The van der Waals surface area contributed by atoms with Gasteiger partial charge in [0.05, 0.1) is 12.7 Å². The molecule has 2 rings (SSSR count). The van der Waals surface area contributed by atoms with Gasteiger partial charge in [0.2, 0.25) is 11.1 Å². The van der Waals surface area contributed by atoms with Crippen molar-refractivity contribution in [2.45, 2.75) is 0 Å². The van der Waals surface area contributed by atoms with Crippen molar-refractivity contribution in [1.82, 2.24) is 9.97 Å². The summed E-state index contributed by atoms with van der Waals surface area (Å²) in [7, 11) is 1.23. The normalized spacial score (nSPS) is 10.4. The highest BCUT2D eigenvalue weighted by Gasteiger charge is 2.25. The lowest BCUT2D eigenvalue weighted by molar-refractivity contribution is 0.103. The van der Waals surface area contributed by atoms with Gasteiger partial charge in [-0.05, 0) is 23.7 Å². The van der Waals surface area contributed by atoms with E-state index < -0.39 is 23.0 Å². The van der Waals surface area contributed by atoms with Gasteiger partial charge in [-0.2, -0.15) is 0 Å². The van der Waals surface area contributed by atoms with E-state index in [1.54, 1.807) is 0 Å². The van der Waals surface area contributed by atoms with Gasteiger partial charge in [-0.15, -0.1) is 0 Å². The molecule has 0 bridgehead atoms. The first-order valence-electron chi connectivity index (χ1n) is 5.20. The SMILES string of the molecule is COc1ccc(F)c(F)c1C(=O)c1cnc(Cl)nc1Cl. The minimum absolute atomic E-state index is 0.125. The fourth-order valence-corrected chi connectivity index (χ4v) is 1.93. The maximum absolute atomic E-state index is 13.8. The number of methoxy groups -OCH3 is 1. The number of hydrogen-bond acceptors (Lipinski definition) is 4. The Morgan fingerprint density at radius 3 is 2.60 bits per heavy atom. The number of aromatic nitrogens is 2. The second-order valence-electron chi connectivity index (χ2n) is 3.61. The molecule has 0 fully saturated rings. The average molecular weight is 319 g/mol. The molecule has 0 saturated heterocycles. The third-order valence-electron chi connectivity index (χ3n) is 2.46. The lowest BCUT2D eigenvalue weighted by atomic mass is 10.0. The van der Waals surface area contributed by atoms with Crippen LogP contribution in [0.4, 0.5) is 8.78 Å². The van der Waals surface area contributed by atoms with E-state index in [-0.39, 0.29) is 21.7 Å². The number of hydrogen-bond donors (Lipinski definition) is 0. The summed E-state index contributed by atoms with van der Waals surface area (Å²) in [5.74, 6) is -3.54. The highest BCUT2D eigenvalue weighted by Crippen LogP contribution is 2.28. The molecule has 0 saturated carbocycles. The van der Waals surface area contributed by atoms with E-state index in [2.05, 4.69) is 9.97 Å². The molecule has 0 radical (unpaired) electrons. The summed E-state index contributed by atoms with van der Waals surface area (Å²) < 4.78 is 31.9. The van der Waals surface area contributed by atoms with Crippen molar-refractivity contribution in [2.75, 3.05) is 7.11 Å². The molecule has 1 aromatic carbocycles. The Morgan fingerprint density at radius 2 is 2.00 bits per heavy atom. The van der Waals surface area contributed by atoms with Crippen LogP contribution in [0.5, 0.6) is 5.75 Å². The Morgan fingerprint density at radius 1 is 1.30 bits per heavy atom. The van der Waals surface area contributed by atoms with Crippen molar-refractivity contribution in [3.05, 3.63) is 51.5 Å². The molecule has 0 spiro atoms. The summed E-state index contributed by atoms with van der Waals surface area (Å²) in [5.41, 5.74) is -0.792. The van der Waals surface area contributed by atoms with Crippen molar-refractivity contribution >= 4 is 29.0 Å². The van der Waals surface area contributed by atoms with Crippen LogP contribution in [0.25, 0.3) is 0 Å². The van der Waals surface area contributed by atoms with Gasteiger partial charge < -0.3 is 4.74 Å². The van der Waals surface area contributed by atoms with Gasteiger partial charge in [0.15, 0.2) is 11.6 Å². The van der Waals surface area contributed by atoms with E-state index in [9.17, 15) is 13.6 Å². The molecule has 0 aliphatic carbocycles. The van der Waals surface area contributed by atoms with Crippen molar-refractivity contribution < 1.29 is 18.3 Å². The minimum Gasteiger partial charge on any atom is -0.496 e. The molecule has 1 aromatic heterocycles. The summed E-state index contributed by atoms with van der Waals surface area (Å²) in [6, 6.07) is 1.99. The number of ketones is 1. The van der Waals surface area contributed by atoms with Crippen LogP contribution in [0.15, 0.2) is 18.3 Å². The van der Waals surface area contributed by atoms with Crippen LogP contribution in [-0.4, -0.2) is 22.9 Å². The lowest BCUT2D eigenvalue weighted by Crippen LogP contribution is -2.10. The Kier molecular flexibility index (Phi) is 4.15. The number of rotatable bonds is 3. The molecular formula is C12H6Cl2F2N2O2. The van der Waals surface area contributed by atoms with Crippen molar-refractivity contribution in [3.8, 4) is 5.75 Å². The first kappa shape index (κ1) is 14.6. The summed E-state index contributed by atoms with van der Waals surface area (Å²) in [6.45, 7) is 0. The third-order valence-corrected chi connectivity index (χ3v) is 2.93. The predicted molar refractivity (Wildman–Crippen MR) is 68.4 cm³/mol. The zero-order valence-corrected chi connectivity index (χ0v) is 11.5. The second-order valence-corrected chi connectivity index (χ2v) is 4.31. The molecule has 1 heterocycles. The summed E-state index contributed by atoms with van der Waals surface area (Å²) in [5, 5.41) is -0.432. The van der Waals surface area contributed by atoms with Crippen LogP contribution < -0.4 is 4.74 Å². The van der Waals surface area contributed by atoms with Crippen molar-refractivity contribution in [3.63, 3.8) is 0 Å². The van der Waals surface area contributed by atoms with Crippen LogP contribution in [-0.2, 0) is 0 Å². The largest absolute Gasteiger partial charge is 0.496 e. The number of halogens is 4. The molecule has 104 valence electrons. The topological polar surface area (TPSA) is 52.1 Å². The van der Waals surface area contributed by atoms with Gasteiger partial charge in [0.1, 0.15) is 16.5 Å². The van der Waals surface area contributed by atoms with Gasteiger partial charge in [0, 0.05) is 6.20 Å². The van der Waals surface area contributed by atoms with E-state index in [0.717, 1.165) is 18.3 Å². The smallest absolute Gasteiger partial charge is 0.223 e. The fraction of sp³-hybridized carbons (Fsp3) is 0.0833. The Bertz CT molecular complexity index is 695. The van der Waals surface area contributed by atoms with Crippen LogP contribution in [0.2, 0.25) is 10.4 Å². The Hall–Kier alpha value is -1.79. The number of ether oxygens (including phenoxy) is 1. The molecule has 0 aliphatic rings. The molecule has 0 amide bonds. The summed E-state index contributed by atoms with van der Waals surface area (Å²) in [4.78, 5) is 19.4. The molecule has 2 aromatic rings. The molecule has 0 aliphatic heterocycles. The monoisotopic (exact) mass is 318 g/mol. The fourth-order valence-electron chi connectivity index (χ4n) is 1.54. The zero-order valence-electron chi connectivity index (χ0n) is 9.95. The maximum Gasteiger partial charge on any atom is 0.223 e. The molecule has 0 unspecified atom stereocenters. The van der Waals surface area contributed by atoms with Gasteiger partial charge in [-0.3, -0.25) is 4.79 Å².